The van der Waals surface area contributed by atoms with Gasteiger partial charge in [0.1, 0.15) is 0 Å². The summed E-state index contributed by atoms with van der Waals surface area (Å²) in [5.41, 5.74) is 0. The molecule has 2 aliphatic heterocycles. The molecule has 1 atom stereocenters. The molecule has 2 heterocycles. The van der Waals surface area contributed by atoms with Crippen molar-refractivity contribution in [2.75, 3.05) is 38.5 Å². The number of hydrogen-bond acceptors (Lipinski definition) is 4. The minimum atomic E-state index is -3.03. The number of sulfone groups is 1. The number of halogens is 1. The van der Waals surface area contributed by atoms with E-state index in [2.05, 4.69) is 15.2 Å². The number of rotatable bonds is 3. The number of hydrogen-bond donors (Lipinski definition) is 1. The maximum Gasteiger partial charge on any atom is 0.194 e. The van der Waals surface area contributed by atoms with E-state index >= 15 is 0 Å². The van der Waals surface area contributed by atoms with Gasteiger partial charge in [-0.25, -0.2) is 8.42 Å². The molecule has 6 nitrogen and oxygen atoms in total. The normalized spacial score (nSPS) is 27.2. The van der Waals surface area contributed by atoms with Crippen LogP contribution in [0.2, 0.25) is 0 Å². The van der Waals surface area contributed by atoms with Gasteiger partial charge in [0.15, 0.2) is 15.8 Å². The molecule has 0 aliphatic carbocycles. The van der Waals surface area contributed by atoms with Gasteiger partial charge >= 0.3 is 0 Å². The van der Waals surface area contributed by atoms with E-state index in [-0.39, 0.29) is 35.8 Å². The van der Waals surface area contributed by atoms with E-state index in [1.165, 1.54) is 6.42 Å². The largest absolute Gasteiger partial charge is 0.376 e. The topological polar surface area (TPSA) is 71.0 Å². The Kier molecular flexibility index (Phi) is 8.06. The van der Waals surface area contributed by atoms with E-state index in [1.807, 2.05) is 6.92 Å². The first-order valence-corrected chi connectivity index (χ1v) is 9.88. The quantitative estimate of drug-likeness (QED) is 0.395. The van der Waals surface area contributed by atoms with Crippen molar-refractivity contribution in [2.24, 2.45) is 4.99 Å². The van der Waals surface area contributed by atoms with Crippen LogP contribution in [0.25, 0.3) is 0 Å². The number of aliphatic imine (C=N–C) groups is 1. The molecule has 1 unspecified atom stereocenters. The second-order valence-electron chi connectivity index (χ2n) is 6.68. The summed E-state index contributed by atoms with van der Waals surface area (Å²) in [5.74, 6) is 0.990. The lowest BCUT2D eigenvalue weighted by atomic mass is 10.1. The summed E-state index contributed by atoms with van der Waals surface area (Å²) in [5, 5.41) is 3.28. The summed E-state index contributed by atoms with van der Waals surface area (Å²) in [6.45, 7) is 8.84. The first-order valence-electron chi connectivity index (χ1n) is 8.23. The monoisotopic (exact) mass is 459 g/mol. The Labute approximate surface area is 157 Å². The van der Waals surface area contributed by atoms with E-state index in [9.17, 15) is 8.42 Å². The number of guanidine groups is 1. The molecule has 0 amide bonds. The molecule has 0 saturated carbocycles. The third kappa shape index (κ3) is 5.45. The molecular weight excluding hydrogens is 429 g/mol. The minimum Gasteiger partial charge on any atom is -0.376 e. The highest BCUT2D eigenvalue weighted by molar-refractivity contribution is 14.0. The minimum absolute atomic E-state index is 0. The van der Waals surface area contributed by atoms with Gasteiger partial charge < -0.3 is 15.0 Å². The fourth-order valence-corrected chi connectivity index (χ4v) is 4.26. The molecule has 2 aliphatic rings. The number of nitrogens with one attached hydrogen (secondary N) is 1. The van der Waals surface area contributed by atoms with Crippen LogP contribution in [0.4, 0.5) is 0 Å². The standard InChI is InChI=1S/C15H29N3O3S.HI/c1-4-16-14(17-11-13-7-5-6-9-21-13)18-8-10-22(19,20)15(2,3)12-18;/h13H,4-12H2,1-3H3,(H,16,17);1H. The summed E-state index contributed by atoms with van der Waals surface area (Å²) >= 11 is 0. The Bertz CT molecular complexity index is 502. The highest BCUT2D eigenvalue weighted by atomic mass is 127. The number of ether oxygens (including phenoxy) is 1. The molecule has 136 valence electrons. The zero-order valence-corrected chi connectivity index (χ0v) is 17.5. The Morgan fingerprint density at radius 2 is 2.13 bits per heavy atom. The highest BCUT2D eigenvalue weighted by Gasteiger charge is 2.41. The fourth-order valence-electron chi connectivity index (χ4n) is 2.89. The molecule has 0 aromatic carbocycles. The molecule has 2 saturated heterocycles. The van der Waals surface area contributed by atoms with Crippen LogP contribution in [0.1, 0.15) is 40.0 Å². The van der Waals surface area contributed by atoms with Crippen molar-refractivity contribution in [3.05, 3.63) is 0 Å². The molecule has 0 spiro atoms. The van der Waals surface area contributed by atoms with Crippen LogP contribution in [-0.2, 0) is 14.6 Å². The van der Waals surface area contributed by atoms with E-state index in [4.69, 9.17) is 4.74 Å². The maximum atomic E-state index is 12.1. The molecule has 0 radical (unpaired) electrons. The summed E-state index contributed by atoms with van der Waals surface area (Å²) in [4.78, 5) is 6.75. The van der Waals surface area contributed by atoms with Crippen molar-refractivity contribution in [3.8, 4) is 0 Å². The van der Waals surface area contributed by atoms with Crippen molar-refractivity contribution >= 4 is 39.8 Å². The Balaban J connectivity index is 0.00000264. The molecule has 0 bridgehead atoms. The number of nitrogens with zero attached hydrogens (tertiary/aromatic N) is 2. The van der Waals surface area contributed by atoms with E-state index in [0.717, 1.165) is 32.0 Å². The summed E-state index contributed by atoms with van der Waals surface area (Å²) < 4.78 is 29.2. The van der Waals surface area contributed by atoms with Gasteiger partial charge in [0.05, 0.1) is 23.1 Å². The average molecular weight is 459 g/mol. The molecule has 1 N–H and O–H groups in total. The van der Waals surface area contributed by atoms with E-state index in [1.54, 1.807) is 13.8 Å². The van der Waals surface area contributed by atoms with Crippen LogP contribution >= 0.6 is 24.0 Å². The van der Waals surface area contributed by atoms with E-state index < -0.39 is 14.6 Å². The van der Waals surface area contributed by atoms with Gasteiger partial charge in [-0.1, -0.05) is 0 Å². The molecule has 2 rings (SSSR count). The Hall–Kier alpha value is -0.0900. The van der Waals surface area contributed by atoms with Gasteiger partial charge in [-0.3, -0.25) is 4.99 Å². The van der Waals surface area contributed by atoms with Crippen molar-refractivity contribution in [1.82, 2.24) is 10.2 Å². The zero-order chi connectivity index (χ0) is 16.2. The molecular formula is C15H30IN3O3S. The lowest BCUT2D eigenvalue weighted by Crippen LogP contribution is -2.57. The molecule has 0 aromatic rings. The second-order valence-corrected chi connectivity index (χ2v) is 9.43. The van der Waals surface area contributed by atoms with Crippen LogP contribution in [0.3, 0.4) is 0 Å². The van der Waals surface area contributed by atoms with Crippen LogP contribution in [-0.4, -0.2) is 68.7 Å². The van der Waals surface area contributed by atoms with Crippen LogP contribution in [0.15, 0.2) is 4.99 Å². The van der Waals surface area contributed by atoms with E-state index in [0.29, 0.717) is 19.6 Å². The van der Waals surface area contributed by atoms with Gasteiger partial charge in [0.2, 0.25) is 0 Å². The van der Waals surface area contributed by atoms with Gasteiger partial charge in [-0.2, -0.15) is 0 Å². The molecule has 8 heteroatoms. The van der Waals surface area contributed by atoms with Crippen LogP contribution in [0, 0.1) is 0 Å². The first-order chi connectivity index (χ1) is 10.4. The molecule has 2 fully saturated rings. The van der Waals surface area contributed by atoms with Crippen molar-refractivity contribution in [2.45, 2.75) is 50.9 Å². The lowest BCUT2D eigenvalue weighted by molar-refractivity contribution is 0.0223. The Morgan fingerprint density at radius 1 is 1.39 bits per heavy atom. The third-order valence-electron chi connectivity index (χ3n) is 4.40. The predicted octanol–water partition coefficient (Wildman–Crippen LogP) is 1.65. The zero-order valence-electron chi connectivity index (χ0n) is 14.4. The van der Waals surface area contributed by atoms with Crippen LogP contribution < -0.4 is 5.32 Å². The fraction of sp³-hybridized carbons (Fsp3) is 0.933. The third-order valence-corrected chi connectivity index (χ3v) is 6.93. The van der Waals surface area contributed by atoms with Crippen molar-refractivity contribution < 1.29 is 13.2 Å². The summed E-state index contributed by atoms with van der Waals surface area (Å²) in [6.07, 6.45) is 3.59. The summed E-state index contributed by atoms with van der Waals surface area (Å²) in [6, 6.07) is 0. The summed E-state index contributed by atoms with van der Waals surface area (Å²) in [7, 11) is -3.03. The maximum absolute atomic E-state index is 12.1. The van der Waals surface area contributed by atoms with Crippen molar-refractivity contribution in [3.63, 3.8) is 0 Å². The smallest absolute Gasteiger partial charge is 0.194 e. The average Bonchev–Trinajstić information content (AvgIpc) is 2.47. The van der Waals surface area contributed by atoms with Crippen LogP contribution in [0.5, 0.6) is 0 Å². The second kappa shape index (κ2) is 8.84. The van der Waals surface area contributed by atoms with Gasteiger partial charge in [-0.15, -0.1) is 24.0 Å². The molecule has 23 heavy (non-hydrogen) atoms. The lowest BCUT2D eigenvalue weighted by Gasteiger charge is -2.39. The SMILES string of the molecule is CCNC(=NCC1CCCCO1)N1CCS(=O)(=O)C(C)(C)C1.I. The highest BCUT2D eigenvalue weighted by Crippen LogP contribution is 2.23. The van der Waals surface area contributed by atoms with Gasteiger partial charge in [0.25, 0.3) is 0 Å². The van der Waals surface area contributed by atoms with Gasteiger partial charge in [0, 0.05) is 26.2 Å². The first kappa shape index (κ1) is 21.0. The predicted molar refractivity (Wildman–Crippen MR) is 104 cm³/mol. The van der Waals surface area contributed by atoms with Crippen molar-refractivity contribution in [1.29, 1.82) is 0 Å². The molecule has 0 aromatic heterocycles. The van der Waals surface area contributed by atoms with Gasteiger partial charge in [-0.05, 0) is 40.0 Å². The Morgan fingerprint density at radius 3 is 2.70 bits per heavy atom.